The van der Waals surface area contributed by atoms with Gasteiger partial charge in [-0.05, 0) is 18.2 Å². The van der Waals surface area contributed by atoms with Gasteiger partial charge in [-0.25, -0.2) is 4.79 Å². The van der Waals surface area contributed by atoms with Crippen LogP contribution < -0.4 is 0 Å². The number of H-pyrrole nitrogens is 1. The van der Waals surface area contributed by atoms with Crippen LogP contribution in [0.25, 0.3) is 17.0 Å². The normalized spacial score (nSPS) is 11.5. The molecule has 88 valence electrons. The van der Waals surface area contributed by atoms with Gasteiger partial charge in [-0.3, -0.25) is 0 Å². The number of carboxylic acid groups (broad SMARTS) is 1. The van der Waals surface area contributed by atoms with Gasteiger partial charge in [0, 0.05) is 22.0 Å². The number of carboxylic acids is 1. The van der Waals surface area contributed by atoms with E-state index in [1.807, 2.05) is 0 Å². The van der Waals surface area contributed by atoms with Crippen molar-refractivity contribution in [3.63, 3.8) is 0 Å². The Morgan fingerprint density at radius 3 is 2.65 bits per heavy atom. The van der Waals surface area contributed by atoms with Gasteiger partial charge >= 0.3 is 5.97 Å². The average molecular weight is 291 g/mol. The number of aromatic nitrogens is 1. The minimum absolute atomic E-state index is 0.321. The lowest BCUT2D eigenvalue weighted by Gasteiger charge is -1.97. The summed E-state index contributed by atoms with van der Waals surface area (Å²) in [5.74, 6) is -1.06. The van der Waals surface area contributed by atoms with Gasteiger partial charge in [0.05, 0.1) is 10.5 Å². The quantitative estimate of drug-likeness (QED) is 0.813. The van der Waals surface area contributed by atoms with Crippen molar-refractivity contribution in [2.75, 3.05) is 0 Å². The first-order valence-corrected chi connectivity index (χ1v) is 5.69. The van der Waals surface area contributed by atoms with Crippen LogP contribution >= 0.6 is 34.8 Å². The van der Waals surface area contributed by atoms with Crippen molar-refractivity contribution in [1.29, 1.82) is 0 Å². The Morgan fingerprint density at radius 1 is 1.29 bits per heavy atom. The van der Waals surface area contributed by atoms with E-state index in [0.29, 0.717) is 31.7 Å². The highest BCUT2D eigenvalue weighted by Gasteiger charge is 2.12. The third-order valence-electron chi connectivity index (χ3n) is 2.20. The summed E-state index contributed by atoms with van der Waals surface area (Å²) in [6.07, 6.45) is 2.39. The van der Waals surface area contributed by atoms with Crippen LogP contribution in [0.3, 0.4) is 0 Å². The zero-order valence-electron chi connectivity index (χ0n) is 8.30. The maximum Gasteiger partial charge on any atom is 0.328 e. The Hall–Kier alpha value is -1.16. The van der Waals surface area contributed by atoms with Crippen LogP contribution in [-0.2, 0) is 4.79 Å². The lowest BCUT2D eigenvalue weighted by molar-refractivity contribution is -0.131. The number of aromatic amines is 1. The second-order valence-corrected chi connectivity index (χ2v) is 4.56. The monoisotopic (exact) mass is 289 g/mol. The summed E-state index contributed by atoms with van der Waals surface area (Å²) in [6.45, 7) is 0. The molecule has 0 aliphatic rings. The summed E-state index contributed by atoms with van der Waals surface area (Å²) in [6, 6.07) is 3.25. The predicted octanol–water partition coefficient (Wildman–Crippen LogP) is 4.23. The standard InChI is InChI=1S/C11H6Cl3NO2/c12-5-3-7(13)10-6(1-2-9(16)17)11(14)15-8(10)4-5/h1-4,15H,(H,16,17)/b2-1+. The Balaban J connectivity index is 2.71. The number of nitrogens with one attached hydrogen (secondary N) is 1. The topological polar surface area (TPSA) is 53.1 Å². The van der Waals surface area contributed by atoms with Crippen LogP contribution in [0.15, 0.2) is 18.2 Å². The Bertz CT molecular complexity index is 631. The van der Waals surface area contributed by atoms with Crippen LogP contribution in [-0.4, -0.2) is 16.1 Å². The van der Waals surface area contributed by atoms with Crippen LogP contribution in [0.2, 0.25) is 15.2 Å². The highest BCUT2D eigenvalue weighted by molar-refractivity contribution is 6.40. The summed E-state index contributed by atoms with van der Waals surface area (Å²) >= 11 is 17.9. The van der Waals surface area contributed by atoms with Crippen molar-refractivity contribution in [3.05, 3.63) is 39.0 Å². The third kappa shape index (κ3) is 2.41. The molecule has 0 bridgehead atoms. The molecule has 6 heteroatoms. The van der Waals surface area contributed by atoms with Gasteiger partial charge in [-0.2, -0.15) is 0 Å². The molecule has 0 saturated heterocycles. The molecular formula is C11H6Cl3NO2. The predicted molar refractivity (Wildman–Crippen MR) is 70.0 cm³/mol. The Kier molecular flexibility index (Phi) is 3.33. The molecule has 0 fully saturated rings. The second-order valence-electron chi connectivity index (χ2n) is 3.33. The van der Waals surface area contributed by atoms with E-state index < -0.39 is 5.97 Å². The van der Waals surface area contributed by atoms with Gasteiger partial charge < -0.3 is 10.1 Å². The zero-order valence-corrected chi connectivity index (χ0v) is 10.6. The van der Waals surface area contributed by atoms with E-state index in [4.69, 9.17) is 39.9 Å². The number of fused-ring (bicyclic) bond motifs is 1. The number of aliphatic carboxylic acids is 1. The van der Waals surface area contributed by atoms with Gasteiger partial charge in [0.25, 0.3) is 0 Å². The minimum atomic E-state index is -1.06. The number of rotatable bonds is 2. The van der Waals surface area contributed by atoms with Gasteiger partial charge in [-0.1, -0.05) is 34.8 Å². The molecule has 3 nitrogen and oxygen atoms in total. The molecule has 0 aliphatic heterocycles. The first-order valence-electron chi connectivity index (χ1n) is 4.56. The minimum Gasteiger partial charge on any atom is -0.478 e. The van der Waals surface area contributed by atoms with Gasteiger partial charge in [0.15, 0.2) is 0 Å². The van der Waals surface area contributed by atoms with Crippen LogP contribution in [0.5, 0.6) is 0 Å². The summed E-state index contributed by atoms with van der Waals surface area (Å²) in [5, 5.41) is 10.5. The van der Waals surface area contributed by atoms with E-state index in [1.165, 1.54) is 6.08 Å². The highest BCUT2D eigenvalue weighted by Crippen LogP contribution is 2.35. The maximum atomic E-state index is 10.5. The number of carbonyl (C=O) groups is 1. The molecule has 0 spiro atoms. The molecule has 0 unspecified atom stereocenters. The molecule has 0 saturated carbocycles. The Labute approximate surface area is 112 Å². The van der Waals surface area contributed by atoms with E-state index in [-0.39, 0.29) is 0 Å². The van der Waals surface area contributed by atoms with Crippen molar-refractivity contribution in [2.45, 2.75) is 0 Å². The molecule has 1 heterocycles. The number of hydrogen-bond acceptors (Lipinski definition) is 1. The molecule has 0 aliphatic carbocycles. The molecule has 0 atom stereocenters. The number of hydrogen-bond donors (Lipinski definition) is 2. The van der Waals surface area contributed by atoms with Crippen molar-refractivity contribution in [3.8, 4) is 0 Å². The molecule has 17 heavy (non-hydrogen) atoms. The summed E-state index contributed by atoms with van der Waals surface area (Å²) < 4.78 is 0. The van der Waals surface area contributed by atoms with Gasteiger partial charge in [-0.15, -0.1) is 0 Å². The van der Waals surface area contributed by atoms with Crippen molar-refractivity contribution < 1.29 is 9.90 Å². The van der Waals surface area contributed by atoms with E-state index >= 15 is 0 Å². The van der Waals surface area contributed by atoms with Crippen molar-refractivity contribution >= 4 is 57.8 Å². The SMILES string of the molecule is O=C(O)/C=C/c1c(Cl)[nH]c2cc(Cl)cc(Cl)c12. The fourth-order valence-corrected chi connectivity index (χ4v) is 2.41. The van der Waals surface area contributed by atoms with Crippen molar-refractivity contribution in [2.24, 2.45) is 0 Å². The van der Waals surface area contributed by atoms with E-state index in [9.17, 15) is 4.79 Å². The molecular weight excluding hydrogens is 284 g/mol. The number of halogens is 3. The summed E-state index contributed by atoms with van der Waals surface area (Å²) in [7, 11) is 0. The largest absolute Gasteiger partial charge is 0.478 e. The molecule has 2 N–H and O–H groups in total. The molecule has 1 aromatic heterocycles. The zero-order chi connectivity index (χ0) is 12.6. The number of benzene rings is 1. The van der Waals surface area contributed by atoms with Gasteiger partial charge in [0.1, 0.15) is 5.15 Å². The van der Waals surface area contributed by atoms with Crippen LogP contribution in [0.1, 0.15) is 5.56 Å². The molecule has 0 radical (unpaired) electrons. The van der Waals surface area contributed by atoms with Crippen molar-refractivity contribution in [1.82, 2.24) is 4.98 Å². The second kappa shape index (κ2) is 4.61. The van der Waals surface area contributed by atoms with E-state index in [2.05, 4.69) is 4.98 Å². The molecule has 1 aromatic carbocycles. The lowest BCUT2D eigenvalue weighted by Crippen LogP contribution is -1.85. The smallest absolute Gasteiger partial charge is 0.328 e. The molecule has 2 rings (SSSR count). The third-order valence-corrected chi connectivity index (χ3v) is 3.01. The molecule has 0 amide bonds. The lowest BCUT2D eigenvalue weighted by atomic mass is 10.1. The fraction of sp³-hybridized carbons (Fsp3) is 0. The molecule has 2 aromatic rings. The summed E-state index contributed by atoms with van der Waals surface area (Å²) in [4.78, 5) is 13.4. The van der Waals surface area contributed by atoms with Gasteiger partial charge in [0.2, 0.25) is 0 Å². The van der Waals surface area contributed by atoms with E-state index in [0.717, 1.165) is 6.08 Å². The van der Waals surface area contributed by atoms with Crippen LogP contribution in [0.4, 0.5) is 0 Å². The first kappa shape index (κ1) is 12.3. The Morgan fingerprint density at radius 2 is 2.00 bits per heavy atom. The first-order chi connectivity index (χ1) is 7.99. The maximum absolute atomic E-state index is 10.5. The van der Waals surface area contributed by atoms with E-state index in [1.54, 1.807) is 12.1 Å². The van der Waals surface area contributed by atoms with Crippen LogP contribution in [0, 0.1) is 0 Å². The fourth-order valence-electron chi connectivity index (χ4n) is 1.55. The summed E-state index contributed by atoms with van der Waals surface area (Å²) in [5.41, 5.74) is 1.20. The average Bonchev–Trinajstić information content (AvgIpc) is 2.51. The highest BCUT2D eigenvalue weighted by atomic mass is 35.5.